The number of aliphatic hydroxyl groups is 1. The second-order valence-electron chi connectivity index (χ2n) is 8.98. The lowest BCUT2D eigenvalue weighted by molar-refractivity contribution is -0.138. The van der Waals surface area contributed by atoms with Gasteiger partial charge in [-0.25, -0.2) is 0 Å². The molecule has 180 valence electrons. The van der Waals surface area contributed by atoms with E-state index in [-0.39, 0.29) is 31.0 Å². The monoisotopic (exact) mass is 570 g/mol. The van der Waals surface area contributed by atoms with Crippen molar-refractivity contribution in [2.45, 2.75) is 28.5 Å². The van der Waals surface area contributed by atoms with Gasteiger partial charge in [0.2, 0.25) is 11.8 Å². The highest BCUT2D eigenvalue weighted by Gasteiger charge is 2.76. The van der Waals surface area contributed by atoms with Crippen LogP contribution >= 0.6 is 39.1 Å². The van der Waals surface area contributed by atoms with E-state index in [1.54, 1.807) is 24.3 Å². The molecule has 5 rings (SSSR count). The van der Waals surface area contributed by atoms with E-state index < -0.39 is 51.1 Å². The number of hydrogen-bond donors (Lipinski definition) is 2. The first kappa shape index (κ1) is 23.8. The third kappa shape index (κ3) is 3.06. The molecule has 0 radical (unpaired) electrons. The van der Waals surface area contributed by atoms with E-state index in [0.29, 0.717) is 17.7 Å². The average Bonchev–Trinajstić information content (AvgIpc) is 3.19. The Bertz CT molecular complexity index is 1130. The first-order valence-corrected chi connectivity index (χ1v) is 12.7. The van der Waals surface area contributed by atoms with E-state index in [0.717, 1.165) is 10.5 Å². The van der Waals surface area contributed by atoms with E-state index in [2.05, 4.69) is 21.2 Å². The molecule has 11 heteroatoms. The van der Waals surface area contributed by atoms with Crippen molar-refractivity contribution in [3.8, 4) is 5.75 Å². The Morgan fingerprint density at radius 2 is 1.79 bits per heavy atom. The number of ether oxygens (including phenoxy) is 1. The molecular formula is C23H21BrCl2N2O6. The minimum atomic E-state index is -1.82. The van der Waals surface area contributed by atoms with Crippen LogP contribution in [0.3, 0.4) is 0 Å². The van der Waals surface area contributed by atoms with Crippen LogP contribution in [0.15, 0.2) is 35.9 Å². The second-order valence-corrected chi connectivity index (χ2v) is 10.7. The number of hydrogen-bond acceptors (Lipinski definition) is 6. The highest BCUT2D eigenvalue weighted by molar-refractivity contribution is 9.09. The van der Waals surface area contributed by atoms with E-state index in [9.17, 15) is 19.2 Å². The number of alkyl halides is 3. The molecule has 0 bridgehead atoms. The average molecular weight is 572 g/mol. The van der Waals surface area contributed by atoms with Crippen LogP contribution in [0.4, 0.5) is 0 Å². The number of fused-ring (bicyclic) bond motifs is 4. The van der Waals surface area contributed by atoms with Crippen molar-refractivity contribution < 1.29 is 29.0 Å². The summed E-state index contributed by atoms with van der Waals surface area (Å²) < 4.78 is 5.44. The number of aliphatic hydroxyl groups excluding tert-OH is 1. The van der Waals surface area contributed by atoms with Gasteiger partial charge in [-0.3, -0.25) is 29.4 Å². The third-order valence-electron chi connectivity index (χ3n) is 7.43. The summed E-state index contributed by atoms with van der Waals surface area (Å²) in [5.74, 6) is -4.00. The van der Waals surface area contributed by atoms with Crippen LogP contribution in [-0.4, -0.2) is 62.1 Å². The van der Waals surface area contributed by atoms with Crippen LogP contribution in [0, 0.1) is 17.8 Å². The maximum atomic E-state index is 13.6. The molecule has 8 nitrogen and oxygen atoms in total. The molecule has 6 atom stereocenters. The SMILES string of the molecule is O=C1NC(=O)[C@H]2CC=C3[C@@H](C[C@@]4(Cl)C(=O)N(CBr)C(=O)[C@@]4(Cl)[C@H]3c3ccc(OCCO)cc3)[C@@H]12. The van der Waals surface area contributed by atoms with Crippen LogP contribution in [0.2, 0.25) is 0 Å². The van der Waals surface area contributed by atoms with Gasteiger partial charge in [-0.05, 0) is 36.5 Å². The van der Waals surface area contributed by atoms with Gasteiger partial charge in [0, 0.05) is 5.92 Å². The van der Waals surface area contributed by atoms with Crippen LogP contribution in [0.25, 0.3) is 0 Å². The Balaban J connectivity index is 1.67. The maximum Gasteiger partial charge on any atom is 0.254 e. The predicted octanol–water partition coefficient (Wildman–Crippen LogP) is 2.06. The highest BCUT2D eigenvalue weighted by Crippen LogP contribution is 2.65. The summed E-state index contributed by atoms with van der Waals surface area (Å²) in [6.45, 7) is -0.0134. The highest BCUT2D eigenvalue weighted by atomic mass is 79.9. The molecule has 3 fully saturated rings. The van der Waals surface area contributed by atoms with Crippen molar-refractivity contribution >= 4 is 62.8 Å². The Morgan fingerprint density at radius 3 is 2.44 bits per heavy atom. The molecule has 0 aromatic heterocycles. The van der Waals surface area contributed by atoms with Gasteiger partial charge in [-0.2, -0.15) is 0 Å². The van der Waals surface area contributed by atoms with Crippen molar-refractivity contribution in [1.29, 1.82) is 0 Å². The Morgan fingerprint density at radius 1 is 1.09 bits per heavy atom. The molecule has 2 saturated heterocycles. The first-order valence-electron chi connectivity index (χ1n) is 10.9. The third-order valence-corrected chi connectivity index (χ3v) is 9.35. The van der Waals surface area contributed by atoms with Crippen molar-refractivity contribution in [2.24, 2.45) is 17.8 Å². The maximum absolute atomic E-state index is 13.6. The van der Waals surface area contributed by atoms with Gasteiger partial charge in [0.15, 0.2) is 9.75 Å². The lowest BCUT2D eigenvalue weighted by Crippen LogP contribution is -2.60. The fourth-order valence-corrected chi connectivity index (χ4v) is 7.38. The predicted molar refractivity (Wildman–Crippen MR) is 126 cm³/mol. The molecule has 0 unspecified atom stereocenters. The van der Waals surface area contributed by atoms with Gasteiger partial charge < -0.3 is 9.84 Å². The molecule has 1 aromatic carbocycles. The lowest BCUT2D eigenvalue weighted by Gasteiger charge is -2.50. The number of halogens is 3. The number of nitrogens with one attached hydrogen (secondary N) is 1. The lowest BCUT2D eigenvalue weighted by atomic mass is 9.56. The van der Waals surface area contributed by atoms with Gasteiger partial charge >= 0.3 is 0 Å². The summed E-state index contributed by atoms with van der Waals surface area (Å²) >= 11 is 17.4. The van der Waals surface area contributed by atoms with Crippen molar-refractivity contribution in [3.05, 3.63) is 41.5 Å². The molecule has 2 heterocycles. The van der Waals surface area contributed by atoms with Crippen LogP contribution in [0.5, 0.6) is 5.75 Å². The summed E-state index contributed by atoms with van der Waals surface area (Å²) in [6.07, 6.45) is 2.17. The van der Waals surface area contributed by atoms with Crippen LogP contribution in [-0.2, 0) is 19.2 Å². The number of carbonyl (C=O) groups excluding carboxylic acids is 4. The quantitative estimate of drug-likeness (QED) is 0.242. The summed E-state index contributed by atoms with van der Waals surface area (Å²) in [5, 5.41) is 11.4. The van der Waals surface area contributed by atoms with E-state index in [1.165, 1.54) is 0 Å². The second kappa shape index (κ2) is 8.33. The number of amides is 4. The van der Waals surface area contributed by atoms with Gasteiger partial charge in [-0.15, -0.1) is 23.2 Å². The zero-order chi connectivity index (χ0) is 24.4. The van der Waals surface area contributed by atoms with E-state index in [1.807, 2.05) is 6.08 Å². The number of benzene rings is 1. The van der Waals surface area contributed by atoms with Gasteiger partial charge in [-0.1, -0.05) is 39.7 Å². The molecule has 2 N–H and O–H groups in total. The number of nitrogens with zero attached hydrogens (tertiary/aromatic N) is 1. The first-order chi connectivity index (χ1) is 16.2. The zero-order valence-corrected chi connectivity index (χ0v) is 20.9. The molecule has 2 aliphatic carbocycles. The standard InChI is InChI=1S/C23H21BrCl2N2O6/c24-10-28-20(32)22(25)9-15-13(5-6-14-16(15)19(31)27-18(14)30)17(23(22,26)21(28)33)11-1-3-12(4-2-11)34-8-7-29/h1-5,14-17,29H,6-10H2,(H,27,30,31)/t14-,15+,16-,17-,22+,23-/m0/s1. The molecule has 34 heavy (non-hydrogen) atoms. The number of rotatable bonds is 5. The number of carbonyl (C=O) groups is 4. The normalized spacial score (nSPS) is 36.6. The fourth-order valence-electron chi connectivity index (χ4n) is 5.96. The van der Waals surface area contributed by atoms with Gasteiger partial charge in [0.05, 0.1) is 23.9 Å². The Labute approximate surface area is 213 Å². The molecule has 2 aliphatic heterocycles. The smallest absolute Gasteiger partial charge is 0.254 e. The minimum absolute atomic E-state index is 0.0337. The van der Waals surface area contributed by atoms with Crippen LogP contribution < -0.4 is 10.1 Å². The summed E-state index contributed by atoms with van der Waals surface area (Å²) in [7, 11) is 0. The Kier molecular flexibility index (Phi) is 5.82. The van der Waals surface area contributed by atoms with Crippen molar-refractivity contribution in [3.63, 3.8) is 0 Å². The van der Waals surface area contributed by atoms with Crippen LogP contribution in [0.1, 0.15) is 24.3 Å². The molecule has 4 amide bonds. The molecule has 4 aliphatic rings. The van der Waals surface area contributed by atoms with Crippen molar-refractivity contribution in [1.82, 2.24) is 10.2 Å². The van der Waals surface area contributed by atoms with E-state index >= 15 is 0 Å². The number of imide groups is 2. The van der Waals surface area contributed by atoms with Crippen molar-refractivity contribution in [2.75, 3.05) is 18.7 Å². The number of allylic oxidation sites excluding steroid dienone is 2. The summed E-state index contributed by atoms with van der Waals surface area (Å²) in [4.78, 5) is 49.5. The largest absolute Gasteiger partial charge is 0.491 e. The fraction of sp³-hybridized carbons (Fsp3) is 0.478. The Hall–Kier alpha value is -1.94. The zero-order valence-electron chi connectivity index (χ0n) is 17.8. The summed E-state index contributed by atoms with van der Waals surface area (Å²) in [5.41, 5.74) is 1.30. The van der Waals surface area contributed by atoms with Gasteiger partial charge in [0.25, 0.3) is 11.8 Å². The minimum Gasteiger partial charge on any atom is -0.491 e. The molecule has 1 saturated carbocycles. The summed E-state index contributed by atoms with van der Waals surface area (Å²) in [6, 6.07) is 6.85. The molecular weight excluding hydrogens is 551 g/mol. The number of likely N-dealkylation sites (tertiary alicyclic amines) is 1. The van der Waals surface area contributed by atoms with Gasteiger partial charge in [0.1, 0.15) is 12.4 Å². The topological polar surface area (TPSA) is 113 Å². The van der Waals surface area contributed by atoms with E-state index in [4.69, 9.17) is 33.0 Å². The molecule has 0 spiro atoms. The molecule has 1 aromatic rings.